The number of carbonyl (C=O) groups is 1. The van der Waals surface area contributed by atoms with Gasteiger partial charge in [0.05, 0.1) is 0 Å². The highest BCUT2D eigenvalue weighted by molar-refractivity contribution is 5.76. The number of fused-ring (bicyclic) bond motifs is 1. The monoisotopic (exact) mass is 272 g/mol. The average molecular weight is 272 g/mol. The summed E-state index contributed by atoms with van der Waals surface area (Å²) in [6.07, 6.45) is 6.13. The van der Waals surface area contributed by atoms with Crippen LogP contribution in [0.1, 0.15) is 42.9 Å². The Kier molecular flexibility index (Phi) is 3.53. The molecule has 3 rings (SSSR count). The first-order valence-electron chi connectivity index (χ1n) is 7.23. The number of nitrogens with zero attached hydrogens (tertiary/aromatic N) is 4. The van der Waals surface area contributed by atoms with Gasteiger partial charge in [0, 0.05) is 30.3 Å². The lowest BCUT2D eigenvalue weighted by Gasteiger charge is -2.27. The Balaban J connectivity index is 1.86. The molecule has 0 spiro atoms. The third-order valence-electron chi connectivity index (χ3n) is 4.14. The second-order valence-electron chi connectivity index (χ2n) is 5.75. The molecule has 1 fully saturated rings. The van der Waals surface area contributed by atoms with Gasteiger partial charge in [-0.3, -0.25) is 14.1 Å². The zero-order valence-electron chi connectivity index (χ0n) is 12.0. The SMILES string of the molecule is CC(C)N1CCCC1Cc1nnc2cc(C=O)ccn12. The van der Waals surface area contributed by atoms with Crippen LogP contribution in [0.2, 0.25) is 0 Å². The summed E-state index contributed by atoms with van der Waals surface area (Å²) in [6, 6.07) is 4.71. The van der Waals surface area contributed by atoms with Gasteiger partial charge in [0.2, 0.25) is 0 Å². The van der Waals surface area contributed by atoms with Crippen molar-refractivity contribution in [3.8, 4) is 0 Å². The molecule has 0 aliphatic carbocycles. The number of likely N-dealkylation sites (tertiary alicyclic amines) is 1. The van der Waals surface area contributed by atoms with E-state index in [2.05, 4.69) is 28.9 Å². The van der Waals surface area contributed by atoms with Gasteiger partial charge in [-0.15, -0.1) is 10.2 Å². The zero-order chi connectivity index (χ0) is 14.1. The van der Waals surface area contributed by atoms with Gasteiger partial charge in [-0.1, -0.05) is 0 Å². The number of hydrogen-bond donors (Lipinski definition) is 0. The predicted molar refractivity (Wildman–Crippen MR) is 76.9 cm³/mol. The van der Waals surface area contributed by atoms with Crippen LogP contribution in [0, 0.1) is 0 Å². The summed E-state index contributed by atoms with van der Waals surface area (Å²) in [5, 5.41) is 8.47. The van der Waals surface area contributed by atoms with Gasteiger partial charge in [0.25, 0.3) is 0 Å². The van der Waals surface area contributed by atoms with Gasteiger partial charge in [-0.25, -0.2) is 0 Å². The number of hydrogen-bond acceptors (Lipinski definition) is 4. The van der Waals surface area contributed by atoms with Gasteiger partial charge in [-0.05, 0) is 45.4 Å². The molecule has 20 heavy (non-hydrogen) atoms. The number of rotatable bonds is 4. The maximum absolute atomic E-state index is 10.8. The standard InChI is InChI=1S/C15H20N4O/c1-11(2)18-6-3-4-13(18)9-15-17-16-14-8-12(10-20)5-7-19(14)15/h5,7-8,10-11,13H,3-4,6,9H2,1-2H3. The van der Waals surface area contributed by atoms with Gasteiger partial charge >= 0.3 is 0 Å². The minimum atomic E-state index is 0.549. The predicted octanol–water partition coefficient (Wildman–Crippen LogP) is 1.96. The first kappa shape index (κ1) is 13.2. The molecule has 2 aromatic rings. The molecule has 0 N–H and O–H groups in total. The highest BCUT2D eigenvalue weighted by Crippen LogP contribution is 2.23. The number of carbonyl (C=O) groups excluding carboxylic acids is 1. The van der Waals surface area contributed by atoms with Gasteiger partial charge < -0.3 is 0 Å². The van der Waals surface area contributed by atoms with Crippen LogP contribution in [-0.2, 0) is 6.42 Å². The Morgan fingerprint density at radius 3 is 3.05 bits per heavy atom. The summed E-state index contributed by atoms with van der Waals surface area (Å²) >= 11 is 0. The third-order valence-corrected chi connectivity index (χ3v) is 4.14. The average Bonchev–Trinajstić information content (AvgIpc) is 3.06. The quantitative estimate of drug-likeness (QED) is 0.798. The molecule has 0 amide bonds. The lowest BCUT2D eigenvalue weighted by molar-refractivity contribution is 0.112. The fourth-order valence-electron chi connectivity index (χ4n) is 3.14. The normalized spacial score (nSPS) is 20.1. The highest BCUT2D eigenvalue weighted by Gasteiger charge is 2.27. The van der Waals surface area contributed by atoms with Crippen molar-refractivity contribution in [1.82, 2.24) is 19.5 Å². The molecule has 1 saturated heterocycles. The van der Waals surface area contributed by atoms with E-state index in [-0.39, 0.29) is 0 Å². The minimum absolute atomic E-state index is 0.549. The molecule has 1 aliphatic heterocycles. The van der Waals surface area contributed by atoms with Gasteiger partial charge in [0.15, 0.2) is 5.65 Å². The molecule has 1 aliphatic rings. The Bertz CT molecular complexity index is 619. The number of aldehydes is 1. The van der Waals surface area contributed by atoms with Crippen molar-refractivity contribution < 1.29 is 4.79 Å². The van der Waals surface area contributed by atoms with Crippen LogP contribution in [0.3, 0.4) is 0 Å². The zero-order valence-corrected chi connectivity index (χ0v) is 12.0. The molecular weight excluding hydrogens is 252 g/mol. The summed E-state index contributed by atoms with van der Waals surface area (Å²) in [7, 11) is 0. The van der Waals surface area contributed by atoms with Crippen LogP contribution in [0.5, 0.6) is 0 Å². The van der Waals surface area contributed by atoms with Crippen molar-refractivity contribution in [1.29, 1.82) is 0 Å². The fraction of sp³-hybridized carbons (Fsp3) is 0.533. The lowest BCUT2D eigenvalue weighted by Crippen LogP contribution is -2.37. The highest BCUT2D eigenvalue weighted by atomic mass is 16.1. The van der Waals surface area contributed by atoms with Crippen LogP contribution < -0.4 is 0 Å². The maximum atomic E-state index is 10.8. The van der Waals surface area contributed by atoms with E-state index < -0.39 is 0 Å². The molecule has 0 bridgehead atoms. The first-order chi connectivity index (χ1) is 9.69. The van der Waals surface area contributed by atoms with Crippen LogP contribution in [0.15, 0.2) is 18.3 Å². The number of aromatic nitrogens is 3. The third kappa shape index (κ3) is 2.33. The topological polar surface area (TPSA) is 50.5 Å². The van der Waals surface area contributed by atoms with E-state index in [1.54, 1.807) is 6.07 Å². The molecule has 5 nitrogen and oxygen atoms in total. The van der Waals surface area contributed by atoms with Crippen LogP contribution in [0.25, 0.3) is 5.65 Å². The molecular formula is C15H20N4O. The first-order valence-corrected chi connectivity index (χ1v) is 7.23. The smallest absolute Gasteiger partial charge is 0.161 e. The Morgan fingerprint density at radius 2 is 2.30 bits per heavy atom. The van der Waals surface area contributed by atoms with E-state index in [1.807, 2.05) is 16.7 Å². The molecule has 0 saturated carbocycles. The minimum Gasteiger partial charge on any atom is -0.298 e. The van der Waals surface area contributed by atoms with E-state index in [0.717, 1.165) is 24.2 Å². The second-order valence-corrected chi connectivity index (χ2v) is 5.75. The fourth-order valence-corrected chi connectivity index (χ4v) is 3.14. The van der Waals surface area contributed by atoms with E-state index in [4.69, 9.17) is 0 Å². The largest absolute Gasteiger partial charge is 0.298 e. The molecule has 106 valence electrons. The molecule has 0 aromatic carbocycles. The van der Waals surface area contributed by atoms with Gasteiger partial charge in [0.1, 0.15) is 12.1 Å². The summed E-state index contributed by atoms with van der Waals surface area (Å²) in [5.74, 6) is 0.981. The van der Waals surface area contributed by atoms with E-state index >= 15 is 0 Å². The Hall–Kier alpha value is -1.75. The van der Waals surface area contributed by atoms with Crippen LogP contribution >= 0.6 is 0 Å². The Labute approximate surface area is 118 Å². The van der Waals surface area contributed by atoms with Crippen molar-refractivity contribution >= 4 is 11.9 Å². The van der Waals surface area contributed by atoms with Crippen molar-refractivity contribution in [2.75, 3.05) is 6.54 Å². The summed E-state index contributed by atoms with van der Waals surface area (Å²) in [5.41, 5.74) is 1.39. The van der Waals surface area contributed by atoms with Crippen molar-refractivity contribution in [2.24, 2.45) is 0 Å². The van der Waals surface area contributed by atoms with Crippen LogP contribution in [-0.4, -0.2) is 44.4 Å². The van der Waals surface area contributed by atoms with E-state index in [0.29, 0.717) is 17.6 Å². The maximum Gasteiger partial charge on any atom is 0.161 e. The molecule has 2 aromatic heterocycles. The summed E-state index contributed by atoms with van der Waals surface area (Å²) in [4.78, 5) is 13.3. The number of pyridine rings is 1. The molecule has 0 radical (unpaired) electrons. The summed E-state index contributed by atoms with van der Waals surface area (Å²) < 4.78 is 1.99. The molecule has 1 unspecified atom stereocenters. The van der Waals surface area contributed by atoms with E-state index in [9.17, 15) is 4.79 Å². The van der Waals surface area contributed by atoms with E-state index in [1.165, 1.54) is 19.4 Å². The summed E-state index contributed by atoms with van der Waals surface area (Å²) in [6.45, 7) is 5.67. The van der Waals surface area contributed by atoms with Gasteiger partial charge in [-0.2, -0.15) is 0 Å². The lowest BCUT2D eigenvalue weighted by atomic mass is 10.1. The van der Waals surface area contributed by atoms with Crippen LogP contribution in [0.4, 0.5) is 0 Å². The van der Waals surface area contributed by atoms with Crippen molar-refractivity contribution in [3.63, 3.8) is 0 Å². The molecule has 3 heterocycles. The molecule has 1 atom stereocenters. The van der Waals surface area contributed by atoms with Crippen molar-refractivity contribution in [3.05, 3.63) is 29.7 Å². The van der Waals surface area contributed by atoms with Crippen molar-refractivity contribution in [2.45, 2.75) is 45.2 Å². The second kappa shape index (κ2) is 5.32. The Morgan fingerprint density at radius 1 is 1.45 bits per heavy atom. The molecule has 5 heteroatoms.